The van der Waals surface area contributed by atoms with Gasteiger partial charge in [0.15, 0.2) is 0 Å². The Morgan fingerprint density at radius 2 is 1.53 bits per heavy atom. The molecule has 4 aromatic carbocycles. The highest BCUT2D eigenvalue weighted by molar-refractivity contribution is 5.86. The molecule has 5 nitrogen and oxygen atoms in total. The quantitative estimate of drug-likeness (QED) is 0.342. The number of nitrogens with one attached hydrogen (secondary N) is 2. The number of para-hydroxylation sites is 1. The van der Waals surface area contributed by atoms with Crippen LogP contribution in [0.5, 0.6) is 0 Å². The number of carbonyl (C=O) groups excluding carboxylic acids is 1. The maximum Gasteiger partial charge on any atom is 0.348 e. The highest BCUT2D eigenvalue weighted by atomic mass is 19.1. The molecule has 6 heteroatoms. The second kappa shape index (κ2) is 10.4. The zero-order valence-electron chi connectivity index (χ0n) is 21.1. The van der Waals surface area contributed by atoms with Crippen molar-refractivity contribution in [1.82, 2.24) is 10.6 Å². The van der Waals surface area contributed by atoms with Gasteiger partial charge in [-0.3, -0.25) is 5.32 Å². The van der Waals surface area contributed by atoms with E-state index in [4.69, 9.17) is 4.74 Å². The van der Waals surface area contributed by atoms with Gasteiger partial charge in [0.1, 0.15) is 12.4 Å². The molecule has 192 valence electrons. The molecular weight excluding hydrogens is 477 g/mol. The minimum atomic E-state index is -1.21. The maximum absolute atomic E-state index is 14.5. The van der Waals surface area contributed by atoms with Gasteiger partial charge in [-0.25, -0.2) is 9.18 Å². The topological polar surface area (TPSA) is 53.6 Å². The standard InChI is InChI=1S/C32H30FN3O2/c33-30-17-9-4-10-23(30)20-35-32(22-34-18-19-36(32)24-11-2-1-3-12-24)31(37)38-21-29-27-15-7-5-13-25(27)26-14-6-8-16-28(26)29/h1-17,29,34-35H,18-22H2. The molecule has 0 bridgehead atoms. The minimum absolute atomic E-state index is 0.0447. The molecule has 2 aliphatic rings. The fourth-order valence-corrected chi connectivity index (χ4v) is 5.72. The van der Waals surface area contributed by atoms with Crippen molar-refractivity contribution in [2.24, 2.45) is 0 Å². The van der Waals surface area contributed by atoms with E-state index in [1.165, 1.54) is 17.2 Å². The van der Waals surface area contributed by atoms with Crippen LogP contribution in [-0.2, 0) is 16.1 Å². The molecule has 0 amide bonds. The van der Waals surface area contributed by atoms with Crippen molar-refractivity contribution >= 4 is 11.7 Å². The largest absolute Gasteiger partial charge is 0.462 e. The van der Waals surface area contributed by atoms with Crippen molar-refractivity contribution in [2.75, 3.05) is 31.1 Å². The van der Waals surface area contributed by atoms with E-state index >= 15 is 0 Å². The van der Waals surface area contributed by atoms with Crippen LogP contribution in [-0.4, -0.2) is 37.9 Å². The normalized spacial score (nSPS) is 18.6. The molecule has 1 atom stereocenters. The van der Waals surface area contributed by atoms with Gasteiger partial charge in [0.05, 0.1) is 0 Å². The van der Waals surface area contributed by atoms with Gasteiger partial charge in [0.25, 0.3) is 0 Å². The Labute approximate surface area is 222 Å². The molecule has 0 radical (unpaired) electrons. The Balaban J connectivity index is 1.31. The average Bonchev–Trinajstić information content (AvgIpc) is 3.29. The summed E-state index contributed by atoms with van der Waals surface area (Å²) < 4.78 is 20.7. The van der Waals surface area contributed by atoms with Crippen molar-refractivity contribution in [3.63, 3.8) is 0 Å². The summed E-state index contributed by atoms with van der Waals surface area (Å²) >= 11 is 0. The minimum Gasteiger partial charge on any atom is -0.462 e. The van der Waals surface area contributed by atoms with Crippen molar-refractivity contribution in [2.45, 2.75) is 18.1 Å². The van der Waals surface area contributed by atoms with E-state index in [2.05, 4.69) is 34.9 Å². The fraction of sp³-hybridized carbons (Fsp3) is 0.219. The van der Waals surface area contributed by atoms with Gasteiger partial charge in [-0.15, -0.1) is 0 Å². The van der Waals surface area contributed by atoms with Crippen molar-refractivity contribution in [3.05, 3.63) is 126 Å². The summed E-state index contributed by atoms with van der Waals surface area (Å²) in [6, 6.07) is 33.1. The summed E-state index contributed by atoms with van der Waals surface area (Å²) in [5, 5.41) is 6.77. The van der Waals surface area contributed by atoms with Gasteiger partial charge in [0, 0.05) is 43.3 Å². The molecule has 0 saturated carbocycles. The number of carbonyl (C=O) groups is 1. The van der Waals surface area contributed by atoms with Crippen LogP contribution in [0.2, 0.25) is 0 Å². The molecule has 1 saturated heterocycles. The van der Waals surface area contributed by atoms with E-state index in [0.29, 0.717) is 25.2 Å². The van der Waals surface area contributed by atoms with Crippen LogP contribution in [0.3, 0.4) is 0 Å². The monoisotopic (exact) mass is 507 g/mol. The second-order valence-electron chi connectivity index (χ2n) is 9.79. The number of anilines is 1. The number of benzene rings is 4. The number of esters is 1. The number of nitrogens with zero attached hydrogens (tertiary/aromatic N) is 1. The van der Waals surface area contributed by atoms with Crippen molar-refractivity contribution < 1.29 is 13.9 Å². The van der Waals surface area contributed by atoms with Gasteiger partial charge in [-0.2, -0.15) is 0 Å². The molecule has 1 aliphatic carbocycles. The summed E-state index contributed by atoms with van der Waals surface area (Å²) in [6.07, 6.45) is 0. The Kier molecular flexibility index (Phi) is 6.66. The molecular formula is C32H30FN3O2. The third kappa shape index (κ3) is 4.36. The molecule has 4 aromatic rings. The van der Waals surface area contributed by atoms with Gasteiger partial charge < -0.3 is 15.0 Å². The van der Waals surface area contributed by atoms with Crippen LogP contribution in [0.1, 0.15) is 22.6 Å². The van der Waals surface area contributed by atoms with Gasteiger partial charge in [-0.1, -0.05) is 84.9 Å². The van der Waals surface area contributed by atoms with Crippen LogP contribution in [0.4, 0.5) is 10.1 Å². The molecule has 1 heterocycles. The number of hydrogen-bond acceptors (Lipinski definition) is 5. The summed E-state index contributed by atoms with van der Waals surface area (Å²) in [4.78, 5) is 16.2. The molecule has 6 rings (SSSR count). The molecule has 1 fully saturated rings. The van der Waals surface area contributed by atoms with Gasteiger partial charge in [-0.05, 0) is 40.5 Å². The van der Waals surface area contributed by atoms with E-state index in [-0.39, 0.29) is 30.9 Å². The van der Waals surface area contributed by atoms with Gasteiger partial charge >= 0.3 is 5.97 Å². The summed E-state index contributed by atoms with van der Waals surface area (Å²) in [5.41, 5.74) is 4.89. The Hall–Kier alpha value is -4.00. The van der Waals surface area contributed by atoms with Crippen LogP contribution >= 0.6 is 0 Å². The predicted octanol–water partition coefficient (Wildman–Crippen LogP) is 5.08. The Bertz CT molecular complexity index is 1400. The molecule has 0 spiro atoms. The van der Waals surface area contributed by atoms with Crippen molar-refractivity contribution in [3.8, 4) is 11.1 Å². The maximum atomic E-state index is 14.5. The molecule has 0 aromatic heterocycles. The molecule has 2 N–H and O–H groups in total. The average molecular weight is 508 g/mol. The molecule has 1 unspecified atom stereocenters. The fourth-order valence-electron chi connectivity index (χ4n) is 5.72. The lowest BCUT2D eigenvalue weighted by Gasteiger charge is -2.47. The Morgan fingerprint density at radius 1 is 0.895 bits per heavy atom. The lowest BCUT2D eigenvalue weighted by atomic mass is 9.97. The summed E-state index contributed by atoms with van der Waals surface area (Å²) in [5.74, 6) is -0.735. The molecule has 1 aliphatic heterocycles. The molecule has 38 heavy (non-hydrogen) atoms. The number of fused-ring (bicyclic) bond motifs is 3. The van der Waals surface area contributed by atoms with Crippen LogP contribution in [0.25, 0.3) is 11.1 Å². The van der Waals surface area contributed by atoms with Crippen LogP contribution in [0, 0.1) is 5.82 Å². The van der Waals surface area contributed by atoms with Crippen LogP contribution < -0.4 is 15.5 Å². The van der Waals surface area contributed by atoms with E-state index in [1.807, 2.05) is 59.5 Å². The SMILES string of the molecule is O=C(OCC1c2ccccc2-c2ccccc21)C1(NCc2ccccc2F)CNCCN1c1ccccc1. The first-order valence-corrected chi connectivity index (χ1v) is 13.0. The third-order valence-electron chi connectivity index (χ3n) is 7.63. The first kappa shape index (κ1) is 24.3. The highest BCUT2D eigenvalue weighted by Crippen LogP contribution is 2.44. The van der Waals surface area contributed by atoms with E-state index in [9.17, 15) is 9.18 Å². The summed E-state index contributed by atoms with van der Waals surface area (Å²) in [6.45, 7) is 2.04. The number of rotatable bonds is 7. The smallest absolute Gasteiger partial charge is 0.348 e. The van der Waals surface area contributed by atoms with E-state index < -0.39 is 5.66 Å². The number of ether oxygens (including phenoxy) is 1. The van der Waals surface area contributed by atoms with Crippen molar-refractivity contribution in [1.29, 1.82) is 0 Å². The number of hydrogen-bond donors (Lipinski definition) is 2. The first-order valence-electron chi connectivity index (χ1n) is 13.0. The number of halogens is 1. The first-order chi connectivity index (χ1) is 18.7. The predicted molar refractivity (Wildman–Crippen MR) is 147 cm³/mol. The zero-order chi connectivity index (χ0) is 26.0. The Morgan fingerprint density at radius 3 is 2.24 bits per heavy atom. The van der Waals surface area contributed by atoms with E-state index in [0.717, 1.165) is 16.8 Å². The van der Waals surface area contributed by atoms with E-state index in [1.54, 1.807) is 18.2 Å². The van der Waals surface area contributed by atoms with Gasteiger partial charge in [0.2, 0.25) is 5.66 Å². The zero-order valence-corrected chi connectivity index (χ0v) is 21.1. The lowest BCUT2D eigenvalue weighted by Crippen LogP contribution is -2.73. The lowest BCUT2D eigenvalue weighted by molar-refractivity contribution is -0.152. The third-order valence-corrected chi connectivity index (χ3v) is 7.63. The highest BCUT2D eigenvalue weighted by Gasteiger charge is 2.48. The number of piperazine rings is 1. The van der Waals surface area contributed by atoms with Crippen LogP contribution in [0.15, 0.2) is 103 Å². The second-order valence-corrected chi connectivity index (χ2v) is 9.79. The summed E-state index contributed by atoms with van der Waals surface area (Å²) in [7, 11) is 0.